The summed E-state index contributed by atoms with van der Waals surface area (Å²) < 4.78 is 36.0. The van der Waals surface area contributed by atoms with Crippen molar-refractivity contribution in [2.24, 2.45) is 0 Å². The van der Waals surface area contributed by atoms with Gasteiger partial charge in [-0.05, 0) is 43.9 Å². The number of anilines is 3. The molecular formula is C19H19BrF2N4O3S. The zero-order chi connectivity index (χ0) is 21.4. The zero-order valence-corrected chi connectivity index (χ0v) is 18.2. The van der Waals surface area contributed by atoms with Gasteiger partial charge in [0.15, 0.2) is 0 Å². The van der Waals surface area contributed by atoms with Crippen LogP contribution in [0.2, 0.25) is 0 Å². The van der Waals surface area contributed by atoms with Crippen molar-refractivity contribution < 1.29 is 18.7 Å². The highest BCUT2D eigenvalue weighted by Gasteiger charge is 2.32. The van der Waals surface area contributed by atoms with Gasteiger partial charge in [0.1, 0.15) is 17.5 Å². The third-order valence-electron chi connectivity index (χ3n) is 5.26. The van der Waals surface area contributed by atoms with E-state index in [1.54, 1.807) is 10.4 Å². The summed E-state index contributed by atoms with van der Waals surface area (Å²) in [6, 6.07) is 3.64. The van der Waals surface area contributed by atoms with Crippen LogP contribution in [-0.2, 0) is 17.8 Å². The number of benzene rings is 1. The Morgan fingerprint density at radius 1 is 1.23 bits per heavy atom. The van der Waals surface area contributed by atoms with Crippen molar-refractivity contribution in [1.82, 2.24) is 8.87 Å². The summed E-state index contributed by atoms with van der Waals surface area (Å²) in [5.41, 5.74) is 0.0561. The number of halogens is 3. The Morgan fingerprint density at radius 2 is 2.03 bits per heavy atom. The molecule has 3 N–H and O–H groups in total. The van der Waals surface area contributed by atoms with Crippen molar-refractivity contribution in [3.05, 3.63) is 50.4 Å². The van der Waals surface area contributed by atoms with Crippen LogP contribution in [0, 0.1) is 11.6 Å². The van der Waals surface area contributed by atoms with Gasteiger partial charge in [0.2, 0.25) is 5.82 Å². The van der Waals surface area contributed by atoms with Gasteiger partial charge >= 0.3 is 5.97 Å². The van der Waals surface area contributed by atoms with Gasteiger partial charge in [0, 0.05) is 35.4 Å². The quantitative estimate of drug-likeness (QED) is 0.514. The molecule has 4 rings (SSSR count). The van der Waals surface area contributed by atoms with Crippen molar-refractivity contribution in [2.75, 3.05) is 16.6 Å². The number of nitrogens with zero attached hydrogens (tertiary/aromatic N) is 2. The first kappa shape index (κ1) is 21.1. The Morgan fingerprint density at radius 3 is 2.77 bits per heavy atom. The molecule has 0 bridgehead atoms. The molecule has 0 saturated carbocycles. The monoisotopic (exact) mass is 500 g/mol. The number of hydrogen-bond acceptors (Lipinski definition) is 6. The van der Waals surface area contributed by atoms with E-state index in [1.165, 1.54) is 16.7 Å². The van der Waals surface area contributed by atoms with E-state index in [-0.39, 0.29) is 11.4 Å². The molecule has 2 aliphatic rings. The summed E-state index contributed by atoms with van der Waals surface area (Å²) in [5.74, 6) is -2.53. The van der Waals surface area contributed by atoms with Crippen LogP contribution in [0.1, 0.15) is 25.0 Å². The van der Waals surface area contributed by atoms with Crippen molar-refractivity contribution >= 4 is 51.1 Å². The molecular weight excluding hydrogens is 482 g/mol. The molecule has 0 spiro atoms. The SMILES string of the molecule is O=C(O)C1CCCN1SNc1c(Nc2ccc(Br)cc2F)c(F)c(=O)n2c1CCC2. The van der Waals surface area contributed by atoms with Crippen molar-refractivity contribution in [2.45, 2.75) is 38.3 Å². The van der Waals surface area contributed by atoms with Gasteiger partial charge in [0.25, 0.3) is 5.56 Å². The summed E-state index contributed by atoms with van der Waals surface area (Å²) in [6.45, 7) is 0.967. The maximum absolute atomic E-state index is 15.0. The second-order valence-electron chi connectivity index (χ2n) is 7.15. The fraction of sp³-hybridized carbons (Fsp3) is 0.368. The number of hydrogen-bond donors (Lipinski definition) is 3. The second kappa shape index (κ2) is 8.56. The van der Waals surface area contributed by atoms with Crippen LogP contribution in [0.5, 0.6) is 0 Å². The third-order valence-corrected chi connectivity index (χ3v) is 6.72. The van der Waals surface area contributed by atoms with E-state index in [1.807, 2.05) is 0 Å². The fourth-order valence-electron chi connectivity index (χ4n) is 3.79. The van der Waals surface area contributed by atoms with Crippen LogP contribution in [-0.4, -0.2) is 32.5 Å². The van der Waals surface area contributed by atoms with E-state index < -0.39 is 29.2 Å². The van der Waals surface area contributed by atoms with E-state index in [0.29, 0.717) is 48.2 Å². The predicted molar refractivity (Wildman–Crippen MR) is 115 cm³/mol. The Balaban J connectivity index is 1.71. The molecule has 1 aromatic heterocycles. The van der Waals surface area contributed by atoms with Gasteiger partial charge in [0.05, 0.1) is 11.4 Å². The molecule has 1 atom stereocenters. The van der Waals surface area contributed by atoms with Gasteiger partial charge in [-0.25, -0.2) is 8.70 Å². The largest absolute Gasteiger partial charge is 0.480 e. The minimum absolute atomic E-state index is 0.0251. The van der Waals surface area contributed by atoms with Gasteiger partial charge in [-0.3, -0.25) is 9.59 Å². The van der Waals surface area contributed by atoms with Crippen LogP contribution in [0.4, 0.5) is 25.8 Å². The highest BCUT2D eigenvalue weighted by atomic mass is 79.9. The lowest BCUT2D eigenvalue weighted by Gasteiger charge is -2.23. The maximum Gasteiger partial charge on any atom is 0.321 e. The summed E-state index contributed by atoms with van der Waals surface area (Å²) in [5, 5.41) is 12.1. The molecule has 0 aliphatic carbocycles. The average molecular weight is 501 g/mol. The zero-order valence-electron chi connectivity index (χ0n) is 15.8. The molecule has 1 fully saturated rings. The molecule has 7 nitrogen and oxygen atoms in total. The van der Waals surface area contributed by atoms with Gasteiger partial charge in [-0.2, -0.15) is 4.39 Å². The van der Waals surface area contributed by atoms with Crippen LogP contribution >= 0.6 is 28.1 Å². The first-order chi connectivity index (χ1) is 14.4. The minimum atomic E-state index is -1.01. The second-order valence-corrected chi connectivity index (χ2v) is 8.92. The first-order valence-electron chi connectivity index (χ1n) is 9.46. The van der Waals surface area contributed by atoms with Crippen molar-refractivity contribution in [3.8, 4) is 0 Å². The van der Waals surface area contributed by atoms with Gasteiger partial charge in [-0.15, -0.1) is 0 Å². The van der Waals surface area contributed by atoms with Crippen LogP contribution in [0.25, 0.3) is 0 Å². The lowest BCUT2D eigenvalue weighted by Crippen LogP contribution is -2.32. The number of aromatic nitrogens is 1. The van der Waals surface area contributed by atoms with Crippen LogP contribution in [0.3, 0.4) is 0 Å². The van der Waals surface area contributed by atoms with Gasteiger partial charge < -0.3 is 19.7 Å². The number of carboxylic acids is 1. The summed E-state index contributed by atoms with van der Waals surface area (Å²) in [4.78, 5) is 23.9. The number of rotatable bonds is 6. The number of carboxylic acid groups (broad SMARTS) is 1. The van der Waals surface area contributed by atoms with Crippen LogP contribution in [0.15, 0.2) is 27.5 Å². The first-order valence-corrected chi connectivity index (χ1v) is 11.0. The molecule has 1 aromatic carbocycles. The average Bonchev–Trinajstić information content (AvgIpc) is 3.37. The molecule has 11 heteroatoms. The van der Waals surface area contributed by atoms with E-state index in [2.05, 4.69) is 26.0 Å². The molecule has 160 valence electrons. The summed E-state index contributed by atoms with van der Waals surface area (Å²) in [7, 11) is 0. The molecule has 2 aliphatic heterocycles. The van der Waals surface area contributed by atoms with Crippen LogP contribution < -0.4 is 15.6 Å². The smallest absolute Gasteiger partial charge is 0.321 e. The van der Waals surface area contributed by atoms with Crippen molar-refractivity contribution in [3.63, 3.8) is 0 Å². The topological polar surface area (TPSA) is 86.6 Å². The Kier molecular flexibility index (Phi) is 6.03. The lowest BCUT2D eigenvalue weighted by atomic mass is 10.2. The predicted octanol–water partition coefficient (Wildman–Crippen LogP) is 4.10. The van der Waals surface area contributed by atoms with Gasteiger partial charge in [-0.1, -0.05) is 15.9 Å². The minimum Gasteiger partial charge on any atom is -0.480 e. The Bertz CT molecular complexity index is 1070. The van der Waals surface area contributed by atoms with E-state index in [9.17, 15) is 19.1 Å². The standard InChI is InChI=1S/C19H19BrF2N4O3S/c20-10-5-6-12(11(21)9-10)23-17-15(22)18(27)25-7-1-3-13(25)16(17)24-30-26-8-2-4-14(26)19(28)29/h5-6,9,14,23-24H,1-4,7-8H2,(H,28,29). The third kappa shape index (κ3) is 3.93. The number of aliphatic carboxylic acids is 1. The number of pyridine rings is 1. The molecule has 1 saturated heterocycles. The highest BCUT2D eigenvalue weighted by molar-refractivity contribution is 9.10. The Labute approximate surface area is 183 Å². The number of fused-ring (bicyclic) bond motifs is 1. The lowest BCUT2D eigenvalue weighted by molar-refractivity contribution is -0.140. The molecule has 2 aromatic rings. The molecule has 1 unspecified atom stereocenters. The molecule has 3 heterocycles. The Hall–Kier alpha value is -2.11. The molecule has 30 heavy (non-hydrogen) atoms. The van der Waals surface area contributed by atoms with E-state index >= 15 is 4.39 Å². The normalized spacial score (nSPS) is 18.4. The summed E-state index contributed by atoms with van der Waals surface area (Å²) in [6.07, 6.45) is 2.51. The maximum atomic E-state index is 15.0. The number of carbonyl (C=O) groups is 1. The molecule has 0 amide bonds. The van der Waals surface area contributed by atoms with Crippen molar-refractivity contribution in [1.29, 1.82) is 0 Å². The van der Waals surface area contributed by atoms with E-state index in [4.69, 9.17) is 0 Å². The number of nitrogens with one attached hydrogen (secondary N) is 2. The fourth-order valence-corrected chi connectivity index (χ4v) is 5.10. The molecule has 0 radical (unpaired) electrons. The highest BCUT2D eigenvalue weighted by Crippen LogP contribution is 2.37. The van der Waals surface area contributed by atoms with E-state index in [0.717, 1.165) is 18.6 Å². The summed E-state index contributed by atoms with van der Waals surface area (Å²) >= 11 is 4.24.